The second kappa shape index (κ2) is 5.71. The largest absolute Gasteiger partial charge is 0.352 e. The number of rotatable bonds is 4. The first-order valence-corrected chi connectivity index (χ1v) is 6.24. The number of nitrogens with two attached hydrogens (primary N) is 1. The Labute approximate surface area is 114 Å². The monoisotopic (exact) mass is 280 g/mol. The molecule has 0 spiro atoms. The lowest BCUT2D eigenvalue weighted by Gasteiger charge is -2.11. The van der Waals surface area contributed by atoms with Crippen LogP contribution >= 0.6 is 11.6 Å². The van der Waals surface area contributed by atoms with Gasteiger partial charge in [0, 0.05) is 13.1 Å². The van der Waals surface area contributed by atoms with Crippen LogP contribution in [0.2, 0.25) is 0 Å². The van der Waals surface area contributed by atoms with Gasteiger partial charge in [-0.15, -0.1) is 11.6 Å². The van der Waals surface area contributed by atoms with E-state index in [9.17, 15) is 9.59 Å². The summed E-state index contributed by atoms with van der Waals surface area (Å²) in [5, 5.41) is 2.95. The highest BCUT2D eigenvalue weighted by Gasteiger charge is 2.09. The Morgan fingerprint density at radius 3 is 2.84 bits per heavy atom. The average molecular weight is 281 g/mol. The van der Waals surface area contributed by atoms with E-state index in [0.717, 1.165) is 0 Å². The predicted molar refractivity (Wildman–Crippen MR) is 73.1 cm³/mol. The van der Waals surface area contributed by atoms with Gasteiger partial charge in [-0.05, 0) is 12.1 Å². The number of para-hydroxylation sites is 1. The lowest BCUT2D eigenvalue weighted by Crippen LogP contribution is -2.35. The lowest BCUT2D eigenvalue weighted by atomic mass is 10.2. The van der Waals surface area contributed by atoms with Crippen LogP contribution in [0.5, 0.6) is 0 Å². The van der Waals surface area contributed by atoms with Gasteiger partial charge in [-0.3, -0.25) is 9.36 Å². The Kier molecular flexibility index (Phi) is 4.01. The van der Waals surface area contributed by atoms with Gasteiger partial charge in [0.05, 0.1) is 16.8 Å². The molecule has 2 rings (SSSR count). The number of halogens is 1. The Bertz CT molecular complexity index is 668. The van der Waals surface area contributed by atoms with Crippen LogP contribution in [0.4, 0.5) is 4.79 Å². The Morgan fingerprint density at radius 1 is 1.42 bits per heavy atom. The minimum Gasteiger partial charge on any atom is -0.352 e. The van der Waals surface area contributed by atoms with Crippen LogP contribution in [0.15, 0.2) is 29.1 Å². The summed E-state index contributed by atoms with van der Waals surface area (Å²) in [4.78, 5) is 27.3. The Balaban J connectivity index is 2.43. The third-order valence-electron chi connectivity index (χ3n) is 2.69. The zero-order valence-corrected chi connectivity index (χ0v) is 10.9. The smallest absolute Gasteiger partial charge is 0.312 e. The molecule has 0 aliphatic heterocycles. The Hall–Kier alpha value is -2.08. The number of nitrogens with one attached hydrogen (secondary N) is 1. The van der Waals surface area contributed by atoms with Gasteiger partial charge in [0.2, 0.25) is 0 Å². The fraction of sp³-hybridized carbons (Fsp3) is 0.250. The zero-order chi connectivity index (χ0) is 13.8. The molecule has 6 nitrogen and oxygen atoms in total. The highest BCUT2D eigenvalue weighted by molar-refractivity contribution is 6.16. The van der Waals surface area contributed by atoms with Gasteiger partial charge < -0.3 is 11.1 Å². The number of nitrogens with zero attached hydrogens (tertiary/aromatic N) is 2. The number of primary amides is 1. The van der Waals surface area contributed by atoms with Crippen molar-refractivity contribution in [2.75, 3.05) is 6.54 Å². The van der Waals surface area contributed by atoms with Crippen molar-refractivity contribution in [3.05, 3.63) is 40.4 Å². The number of amides is 2. The van der Waals surface area contributed by atoms with E-state index in [1.54, 1.807) is 18.2 Å². The first-order chi connectivity index (χ1) is 9.13. The molecule has 0 saturated carbocycles. The van der Waals surface area contributed by atoms with Gasteiger partial charge >= 0.3 is 6.03 Å². The molecule has 19 heavy (non-hydrogen) atoms. The molecule has 7 heteroatoms. The summed E-state index contributed by atoms with van der Waals surface area (Å²) in [5.41, 5.74) is 5.42. The number of urea groups is 1. The first-order valence-electron chi connectivity index (χ1n) is 5.71. The van der Waals surface area contributed by atoms with Gasteiger partial charge in [0.25, 0.3) is 5.56 Å². The molecular formula is C12H13ClN4O2. The topological polar surface area (TPSA) is 90.0 Å². The van der Waals surface area contributed by atoms with Gasteiger partial charge in [-0.1, -0.05) is 12.1 Å². The summed E-state index contributed by atoms with van der Waals surface area (Å²) in [7, 11) is 0. The van der Waals surface area contributed by atoms with Crippen molar-refractivity contribution < 1.29 is 4.79 Å². The maximum absolute atomic E-state index is 12.3. The minimum atomic E-state index is -0.630. The fourth-order valence-corrected chi connectivity index (χ4v) is 2.04. The van der Waals surface area contributed by atoms with E-state index >= 15 is 0 Å². The van der Waals surface area contributed by atoms with Crippen molar-refractivity contribution in [3.8, 4) is 0 Å². The van der Waals surface area contributed by atoms with Gasteiger partial charge in [0.15, 0.2) is 0 Å². The lowest BCUT2D eigenvalue weighted by molar-refractivity contribution is 0.248. The minimum absolute atomic E-state index is 0.122. The molecule has 1 aromatic carbocycles. The van der Waals surface area contributed by atoms with Crippen molar-refractivity contribution in [2.45, 2.75) is 12.4 Å². The second-order valence-electron chi connectivity index (χ2n) is 3.93. The number of hydrogen-bond acceptors (Lipinski definition) is 3. The summed E-state index contributed by atoms with van der Waals surface area (Å²) in [5.74, 6) is 0.591. The highest BCUT2D eigenvalue weighted by atomic mass is 35.5. The van der Waals surface area contributed by atoms with Crippen LogP contribution in [-0.4, -0.2) is 22.1 Å². The third-order valence-corrected chi connectivity index (χ3v) is 2.93. The number of carbonyl (C=O) groups is 1. The van der Waals surface area contributed by atoms with Crippen molar-refractivity contribution in [1.29, 1.82) is 0 Å². The van der Waals surface area contributed by atoms with Crippen molar-refractivity contribution in [2.24, 2.45) is 5.73 Å². The van der Waals surface area contributed by atoms with Crippen LogP contribution in [0.3, 0.4) is 0 Å². The molecule has 0 radical (unpaired) electrons. The van der Waals surface area contributed by atoms with Crippen LogP contribution < -0.4 is 16.6 Å². The number of aromatic nitrogens is 2. The third kappa shape index (κ3) is 2.85. The molecule has 0 aliphatic carbocycles. The normalized spacial score (nSPS) is 10.6. The number of alkyl halides is 1. The predicted octanol–water partition coefficient (Wildman–Crippen LogP) is 0.804. The zero-order valence-electron chi connectivity index (χ0n) is 10.1. The molecule has 2 amide bonds. The van der Waals surface area contributed by atoms with E-state index in [0.29, 0.717) is 16.7 Å². The van der Waals surface area contributed by atoms with E-state index in [1.165, 1.54) is 4.57 Å². The maximum Gasteiger partial charge on any atom is 0.312 e. The Morgan fingerprint density at radius 2 is 2.16 bits per heavy atom. The molecule has 1 heterocycles. The van der Waals surface area contributed by atoms with Crippen molar-refractivity contribution >= 4 is 28.5 Å². The average Bonchev–Trinajstić information content (AvgIpc) is 2.40. The SMILES string of the molecule is NC(=O)NCCn1c(CCl)nc2ccccc2c1=O. The molecule has 1 aromatic heterocycles. The van der Waals surface area contributed by atoms with Crippen LogP contribution in [0.1, 0.15) is 5.82 Å². The number of fused-ring (bicyclic) bond motifs is 1. The summed E-state index contributed by atoms with van der Waals surface area (Å²) in [6, 6.07) is 6.43. The van der Waals surface area contributed by atoms with Gasteiger partial charge in [-0.2, -0.15) is 0 Å². The summed E-state index contributed by atoms with van der Waals surface area (Å²) in [6.07, 6.45) is 0. The van der Waals surface area contributed by atoms with Crippen LogP contribution in [-0.2, 0) is 12.4 Å². The first kappa shape index (κ1) is 13.4. The van der Waals surface area contributed by atoms with E-state index in [4.69, 9.17) is 17.3 Å². The summed E-state index contributed by atoms with van der Waals surface area (Å²) >= 11 is 5.81. The fourth-order valence-electron chi connectivity index (χ4n) is 1.84. The molecule has 0 bridgehead atoms. The quantitative estimate of drug-likeness (QED) is 0.812. The van der Waals surface area contributed by atoms with E-state index in [2.05, 4.69) is 10.3 Å². The standard InChI is InChI=1S/C12H13ClN4O2/c13-7-10-16-9-4-2-1-3-8(9)11(18)17(10)6-5-15-12(14)19/h1-4H,5-7H2,(H3,14,15,19). The van der Waals surface area contributed by atoms with Crippen molar-refractivity contribution in [1.82, 2.24) is 14.9 Å². The van der Waals surface area contributed by atoms with E-state index < -0.39 is 6.03 Å². The molecule has 0 atom stereocenters. The molecule has 100 valence electrons. The second-order valence-corrected chi connectivity index (χ2v) is 4.19. The number of benzene rings is 1. The molecule has 2 aromatic rings. The molecule has 0 fully saturated rings. The van der Waals surface area contributed by atoms with E-state index in [1.807, 2.05) is 6.07 Å². The number of carbonyl (C=O) groups excluding carboxylic acids is 1. The molecule has 0 aliphatic rings. The van der Waals surface area contributed by atoms with Crippen molar-refractivity contribution in [3.63, 3.8) is 0 Å². The van der Waals surface area contributed by atoms with Gasteiger partial charge in [0.1, 0.15) is 5.82 Å². The summed E-state index contributed by atoms with van der Waals surface area (Å²) < 4.78 is 1.45. The number of hydrogen-bond donors (Lipinski definition) is 2. The maximum atomic E-state index is 12.3. The molecule has 0 saturated heterocycles. The van der Waals surface area contributed by atoms with E-state index in [-0.39, 0.29) is 24.5 Å². The molecule has 0 unspecified atom stereocenters. The highest BCUT2D eigenvalue weighted by Crippen LogP contribution is 2.09. The molecule has 3 N–H and O–H groups in total. The van der Waals surface area contributed by atoms with Gasteiger partial charge in [-0.25, -0.2) is 9.78 Å². The van der Waals surface area contributed by atoms with Crippen LogP contribution in [0, 0.1) is 0 Å². The molecular weight excluding hydrogens is 268 g/mol. The van der Waals surface area contributed by atoms with Crippen LogP contribution in [0.25, 0.3) is 10.9 Å². The summed E-state index contributed by atoms with van der Waals surface area (Å²) in [6.45, 7) is 0.529.